The summed E-state index contributed by atoms with van der Waals surface area (Å²) in [4.78, 5) is 0. The predicted octanol–water partition coefficient (Wildman–Crippen LogP) is 0.749. The van der Waals surface area contributed by atoms with E-state index in [1.807, 2.05) is 0 Å². The van der Waals surface area contributed by atoms with Crippen LogP contribution in [-0.2, 0) is 9.47 Å². The third-order valence-electron chi connectivity index (χ3n) is 2.92. The first kappa shape index (κ1) is 8.48. The van der Waals surface area contributed by atoms with Gasteiger partial charge >= 0.3 is 0 Å². The summed E-state index contributed by atoms with van der Waals surface area (Å²) >= 11 is 0. The number of hydrogen-bond acceptors (Lipinski definition) is 3. The number of nitrogens with one attached hydrogen (secondary N) is 1. The summed E-state index contributed by atoms with van der Waals surface area (Å²) < 4.78 is 11.1. The van der Waals surface area contributed by atoms with Crippen LogP contribution in [0.15, 0.2) is 0 Å². The molecule has 0 radical (unpaired) electrons. The van der Waals surface area contributed by atoms with Crippen LogP contribution in [0.25, 0.3) is 0 Å². The molecule has 2 saturated heterocycles. The molecule has 0 bridgehead atoms. The summed E-state index contributed by atoms with van der Waals surface area (Å²) in [6.07, 6.45) is 2.40. The molecule has 0 saturated carbocycles. The molecule has 2 heterocycles. The van der Waals surface area contributed by atoms with E-state index in [1.54, 1.807) is 0 Å². The van der Waals surface area contributed by atoms with Gasteiger partial charge in [-0.2, -0.15) is 0 Å². The maximum absolute atomic E-state index is 5.69. The smallest absolute Gasteiger partial charge is 0.121 e. The Bertz CT molecular complexity index is 149. The summed E-state index contributed by atoms with van der Waals surface area (Å²) in [7, 11) is 0. The van der Waals surface area contributed by atoms with Gasteiger partial charge in [0.2, 0.25) is 0 Å². The first-order valence-corrected chi connectivity index (χ1v) is 4.78. The molecule has 2 aliphatic rings. The van der Waals surface area contributed by atoms with Gasteiger partial charge in [-0.3, -0.25) is 5.32 Å². The molecule has 0 spiro atoms. The van der Waals surface area contributed by atoms with Crippen molar-refractivity contribution in [3.63, 3.8) is 0 Å². The standard InChI is InChI=1S/C9H17NO2/c1-9(10-4-6-12-9)8-3-2-5-11-7-8/h8,10H,2-7H2,1H3. The van der Waals surface area contributed by atoms with Gasteiger partial charge in [0.15, 0.2) is 0 Å². The van der Waals surface area contributed by atoms with E-state index in [1.165, 1.54) is 12.8 Å². The molecule has 2 unspecified atom stereocenters. The zero-order chi connectivity index (χ0) is 8.44. The molecule has 0 amide bonds. The molecule has 0 aromatic carbocycles. The van der Waals surface area contributed by atoms with Gasteiger partial charge in [-0.05, 0) is 19.8 Å². The molecule has 2 aliphatic heterocycles. The van der Waals surface area contributed by atoms with Crippen LogP contribution in [0.3, 0.4) is 0 Å². The first-order valence-electron chi connectivity index (χ1n) is 4.78. The Kier molecular flexibility index (Phi) is 2.35. The fraction of sp³-hybridized carbons (Fsp3) is 1.00. The van der Waals surface area contributed by atoms with Gasteiger partial charge in [0.05, 0.1) is 13.2 Å². The van der Waals surface area contributed by atoms with Crippen molar-refractivity contribution >= 4 is 0 Å². The highest BCUT2D eigenvalue weighted by Crippen LogP contribution is 2.28. The molecule has 2 rings (SSSR count). The Morgan fingerprint density at radius 3 is 2.92 bits per heavy atom. The van der Waals surface area contributed by atoms with Gasteiger partial charge in [-0.25, -0.2) is 0 Å². The van der Waals surface area contributed by atoms with Gasteiger partial charge in [0, 0.05) is 19.1 Å². The van der Waals surface area contributed by atoms with Crippen molar-refractivity contribution in [2.75, 3.05) is 26.4 Å². The molecule has 70 valence electrons. The minimum absolute atomic E-state index is 0.111. The second-order valence-corrected chi connectivity index (χ2v) is 3.80. The highest BCUT2D eigenvalue weighted by molar-refractivity contribution is 4.86. The lowest BCUT2D eigenvalue weighted by molar-refractivity contribution is -0.0917. The van der Waals surface area contributed by atoms with Gasteiger partial charge in [-0.1, -0.05) is 0 Å². The summed E-state index contributed by atoms with van der Waals surface area (Å²) in [6, 6.07) is 0. The topological polar surface area (TPSA) is 30.5 Å². The Morgan fingerprint density at radius 1 is 1.42 bits per heavy atom. The molecule has 0 aliphatic carbocycles. The first-order chi connectivity index (χ1) is 5.81. The van der Waals surface area contributed by atoms with E-state index < -0.39 is 0 Å². The van der Waals surface area contributed by atoms with Gasteiger partial charge in [0.25, 0.3) is 0 Å². The fourth-order valence-corrected chi connectivity index (χ4v) is 2.05. The predicted molar refractivity (Wildman–Crippen MR) is 45.9 cm³/mol. The fourth-order valence-electron chi connectivity index (χ4n) is 2.05. The van der Waals surface area contributed by atoms with Gasteiger partial charge in [0.1, 0.15) is 5.72 Å². The van der Waals surface area contributed by atoms with Crippen LogP contribution in [0.5, 0.6) is 0 Å². The van der Waals surface area contributed by atoms with Crippen LogP contribution in [0.2, 0.25) is 0 Å². The van der Waals surface area contributed by atoms with Gasteiger partial charge < -0.3 is 9.47 Å². The molecule has 1 N–H and O–H groups in total. The third kappa shape index (κ3) is 1.49. The average molecular weight is 171 g/mol. The highest BCUT2D eigenvalue weighted by atomic mass is 16.5. The van der Waals surface area contributed by atoms with Crippen molar-refractivity contribution in [1.82, 2.24) is 5.32 Å². The molecule has 12 heavy (non-hydrogen) atoms. The maximum Gasteiger partial charge on any atom is 0.121 e. The monoisotopic (exact) mass is 171 g/mol. The quantitative estimate of drug-likeness (QED) is 0.631. The number of rotatable bonds is 1. The number of hydrogen-bond donors (Lipinski definition) is 1. The largest absolute Gasteiger partial charge is 0.381 e. The normalized spacial score (nSPS) is 43.2. The van der Waals surface area contributed by atoms with Crippen molar-refractivity contribution in [3.8, 4) is 0 Å². The second-order valence-electron chi connectivity index (χ2n) is 3.80. The number of ether oxygens (including phenoxy) is 2. The van der Waals surface area contributed by atoms with Crippen LogP contribution < -0.4 is 5.32 Å². The van der Waals surface area contributed by atoms with Crippen LogP contribution in [0, 0.1) is 5.92 Å². The molecule has 2 atom stereocenters. The van der Waals surface area contributed by atoms with Crippen molar-refractivity contribution in [2.45, 2.75) is 25.5 Å². The van der Waals surface area contributed by atoms with Crippen LogP contribution in [0.1, 0.15) is 19.8 Å². The van der Waals surface area contributed by atoms with Crippen molar-refractivity contribution in [3.05, 3.63) is 0 Å². The summed E-state index contributed by atoms with van der Waals surface area (Å²) in [5.74, 6) is 0.536. The van der Waals surface area contributed by atoms with E-state index in [9.17, 15) is 0 Å². The van der Waals surface area contributed by atoms with E-state index in [2.05, 4.69) is 12.2 Å². The summed E-state index contributed by atoms with van der Waals surface area (Å²) in [5.41, 5.74) is -0.111. The molecular weight excluding hydrogens is 154 g/mol. The second kappa shape index (κ2) is 3.32. The molecule has 2 fully saturated rings. The third-order valence-corrected chi connectivity index (χ3v) is 2.92. The zero-order valence-electron chi connectivity index (χ0n) is 7.64. The molecule has 0 aromatic heterocycles. The summed E-state index contributed by atoms with van der Waals surface area (Å²) in [6.45, 7) is 5.73. The lowest BCUT2D eigenvalue weighted by Crippen LogP contribution is -2.48. The van der Waals surface area contributed by atoms with Crippen LogP contribution >= 0.6 is 0 Å². The van der Waals surface area contributed by atoms with E-state index in [4.69, 9.17) is 9.47 Å². The van der Waals surface area contributed by atoms with E-state index in [-0.39, 0.29) is 5.72 Å². The van der Waals surface area contributed by atoms with E-state index >= 15 is 0 Å². The van der Waals surface area contributed by atoms with Crippen molar-refractivity contribution in [1.29, 1.82) is 0 Å². The Hall–Kier alpha value is -0.120. The van der Waals surface area contributed by atoms with E-state index in [0.717, 1.165) is 26.4 Å². The van der Waals surface area contributed by atoms with Gasteiger partial charge in [-0.15, -0.1) is 0 Å². The lowest BCUT2D eigenvalue weighted by Gasteiger charge is -2.35. The van der Waals surface area contributed by atoms with E-state index in [0.29, 0.717) is 5.92 Å². The molecule has 3 heteroatoms. The molecule has 3 nitrogen and oxygen atoms in total. The molecular formula is C9H17NO2. The van der Waals surface area contributed by atoms with Crippen molar-refractivity contribution < 1.29 is 9.47 Å². The minimum atomic E-state index is -0.111. The average Bonchev–Trinajstić information content (AvgIpc) is 2.55. The summed E-state index contributed by atoms with van der Waals surface area (Å²) in [5, 5.41) is 3.40. The minimum Gasteiger partial charge on any atom is -0.381 e. The SMILES string of the molecule is CC1(C2CCCOC2)NCCO1. The highest BCUT2D eigenvalue weighted by Gasteiger charge is 2.38. The lowest BCUT2D eigenvalue weighted by atomic mass is 9.92. The molecule has 0 aromatic rings. The van der Waals surface area contributed by atoms with Crippen LogP contribution in [-0.4, -0.2) is 32.1 Å². The van der Waals surface area contributed by atoms with Crippen LogP contribution in [0.4, 0.5) is 0 Å². The maximum atomic E-state index is 5.69. The Balaban J connectivity index is 1.96. The van der Waals surface area contributed by atoms with Crippen molar-refractivity contribution in [2.24, 2.45) is 5.92 Å². The zero-order valence-corrected chi connectivity index (χ0v) is 7.64. The Labute approximate surface area is 73.4 Å². The Morgan fingerprint density at radius 2 is 2.33 bits per heavy atom.